The van der Waals surface area contributed by atoms with Gasteiger partial charge < -0.3 is 24.4 Å². The van der Waals surface area contributed by atoms with Crippen LogP contribution in [0, 0.1) is 5.92 Å². The monoisotopic (exact) mass is 378 g/mol. The van der Waals surface area contributed by atoms with Gasteiger partial charge in [-0.05, 0) is 36.5 Å². The van der Waals surface area contributed by atoms with Crippen molar-refractivity contribution in [1.29, 1.82) is 0 Å². The van der Waals surface area contributed by atoms with Gasteiger partial charge in [-0.25, -0.2) is 4.79 Å². The zero-order valence-corrected chi connectivity index (χ0v) is 16.6. The van der Waals surface area contributed by atoms with E-state index in [-0.39, 0.29) is 24.5 Å². The molecule has 1 saturated heterocycles. The zero-order chi connectivity index (χ0) is 19.8. The van der Waals surface area contributed by atoms with E-state index in [1.165, 1.54) is 0 Å². The lowest BCUT2D eigenvalue weighted by molar-refractivity contribution is -0.121. The lowest BCUT2D eigenvalue weighted by Gasteiger charge is -2.31. The Labute approximate surface area is 161 Å². The molecule has 0 aliphatic carbocycles. The summed E-state index contributed by atoms with van der Waals surface area (Å²) >= 11 is 0. The molecule has 7 heteroatoms. The number of ether oxygens (including phenoxy) is 3. The van der Waals surface area contributed by atoms with Crippen molar-refractivity contribution in [3.05, 3.63) is 23.8 Å². The fraction of sp³-hybridized carbons (Fsp3) is 0.600. The lowest BCUT2D eigenvalue weighted by atomic mass is 10.0. The number of nitrogens with one attached hydrogen (secondary N) is 1. The zero-order valence-electron chi connectivity index (χ0n) is 16.6. The predicted octanol–water partition coefficient (Wildman–Crippen LogP) is 2.62. The Morgan fingerprint density at radius 3 is 2.41 bits per heavy atom. The molecule has 1 aliphatic rings. The van der Waals surface area contributed by atoms with E-state index in [2.05, 4.69) is 5.32 Å². The van der Waals surface area contributed by atoms with E-state index in [0.717, 1.165) is 18.4 Å². The molecule has 0 radical (unpaired) electrons. The Hall–Kier alpha value is -2.44. The second kappa shape index (κ2) is 10.0. The molecule has 2 rings (SSSR count). The number of carbonyl (C=O) groups is 2. The molecule has 0 saturated carbocycles. The van der Waals surface area contributed by atoms with Gasteiger partial charge in [0.25, 0.3) is 0 Å². The van der Waals surface area contributed by atoms with E-state index in [1.807, 2.05) is 26.0 Å². The third kappa shape index (κ3) is 6.34. The highest BCUT2D eigenvalue weighted by Crippen LogP contribution is 2.27. The summed E-state index contributed by atoms with van der Waals surface area (Å²) < 4.78 is 15.7. The number of hydrogen-bond donors (Lipinski definition) is 1. The second-order valence-electron chi connectivity index (χ2n) is 7.17. The molecule has 0 unspecified atom stereocenters. The Bertz CT molecular complexity index is 639. The number of rotatable bonds is 7. The Balaban J connectivity index is 1.78. The standard InChI is InChI=1S/C20H30N2O5/c1-14(2)13-27-20(24)22-9-7-16(8-10-22)21-19(23)12-15-5-6-17(25-3)18(11-15)26-4/h5-6,11,14,16H,7-10,12-13H2,1-4H3,(H,21,23). The summed E-state index contributed by atoms with van der Waals surface area (Å²) in [4.78, 5) is 26.0. The maximum Gasteiger partial charge on any atom is 0.409 e. The van der Waals surface area contributed by atoms with Crippen molar-refractivity contribution in [2.24, 2.45) is 5.92 Å². The maximum absolute atomic E-state index is 12.3. The Kier molecular flexibility index (Phi) is 7.76. The molecule has 1 aromatic rings. The van der Waals surface area contributed by atoms with Crippen molar-refractivity contribution in [2.45, 2.75) is 39.2 Å². The van der Waals surface area contributed by atoms with Crippen molar-refractivity contribution in [2.75, 3.05) is 33.9 Å². The molecule has 0 atom stereocenters. The number of benzene rings is 1. The molecule has 0 spiro atoms. The molecule has 27 heavy (non-hydrogen) atoms. The van der Waals surface area contributed by atoms with Crippen molar-refractivity contribution < 1.29 is 23.8 Å². The second-order valence-corrected chi connectivity index (χ2v) is 7.17. The number of nitrogens with zero attached hydrogens (tertiary/aromatic N) is 1. The third-order valence-corrected chi connectivity index (χ3v) is 4.47. The molecular weight excluding hydrogens is 348 g/mol. The Morgan fingerprint density at radius 1 is 1.15 bits per heavy atom. The van der Waals surface area contributed by atoms with E-state index in [9.17, 15) is 9.59 Å². The summed E-state index contributed by atoms with van der Waals surface area (Å²) in [5, 5.41) is 3.05. The van der Waals surface area contributed by atoms with Crippen LogP contribution in [0.4, 0.5) is 4.79 Å². The third-order valence-electron chi connectivity index (χ3n) is 4.47. The molecular formula is C20H30N2O5. The first-order valence-corrected chi connectivity index (χ1v) is 9.35. The summed E-state index contributed by atoms with van der Waals surface area (Å²) in [5.74, 6) is 1.53. The normalized spacial score (nSPS) is 14.8. The van der Waals surface area contributed by atoms with Gasteiger partial charge in [-0.15, -0.1) is 0 Å². The highest BCUT2D eigenvalue weighted by Gasteiger charge is 2.25. The van der Waals surface area contributed by atoms with Gasteiger partial charge in [-0.2, -0.15) is 0 Å². The quantitative estimate of drug-likeness (QED) is 0.789. The van der Waals surface area contributed by atoms with Crippen LogP contribution in [-0.4, -0.2) is 56.9 Å². The van der Waals surface area contributed by atoms with Gasteiger partial charge in [0.05, 0.1) is 27.2 Å². The van der Waals surface area contributed by atoms with Crippen LogP contribution in [0.5, 0.6) is 11.5 Å². The molecule has 1 aromatic carbocycles. The molecule has 0 bridgehead atoms. The van der Waals surface area contributed by atoms with Gasteiger partial charge in [0.1, 0.15) is 0 Å². The average molecular weight is 378 g/mol. The van der Waals surface area contributed by atoms with Crippen LogP contribution in [0.15, 0.2) is 18.2 Å². The number of carbonyl (C=O) groups excluding carboxylic acids is 2. The summed E-state index contributed by atoms with van der Waals surface area (Å²) in [7, 11) is 3.15. The van der Waals surface area contributed by atoms with Crippen molar-refractivity contribution in [3.63, 3.8) is 0 Å². The van der Waals surface area contributed by atoms with Crippen molar-refractivity contribution in [3.8, 4) is 11.5 Å². The van der Waals surface area contributed by atoms with Crippen molar-refractivity contribution in [1.82, 2.24) is 10.2 Å². The predicted molar refractivity (Wildman–Crippen MR) is 102 cm³/mol. The molecule has 1 heterocycles. The average Bonchev–Trinajstić information content (AvgIpc) is 2.66. The van der Waals surface area contributed by atoms with Gasteiger partial charge in [0, 0.05) is 19.1 Å². The fourth-order valence-electron chi connectivity index (χ4n) is 2.99. The first-order chi connectivity index (χ1) is 12.9. The molecule has 1 aliphatic heterocycles. The molecule has 150 valence electrons. The number of likely N-dealkylation sites (tertiary alicyclic amines) is 1. The summed E-state index contributed by atoms with van der Waals surface area (Å²) in [6.07, 6.45) is 1.47. The van der Waals surface area contributed by atoms with Crippen LogP contribution in [0.25, 0.3) is 0 Å². The smallest absolute Gasteiger partial charge is 0.409 e. The molecule has 0 aromatic heterocycles. The number of piperidine rings is 1. The van der Waals surface area contributed by atoms with Crippen LogP contribution in [0.1, 0.15) is 32.3 Å². The summed E-state index contributed by atoms with van der Waals surface area (Å²) in [6, 6.07) is 5.54. The van der Waals surface area contributed by atoms with Crippen LogP contribution in [0.2, 0.25) is 0 Å². The molecule has 1 fully saturated rings. The SMILES string of the molecule is COc1ccc(CC(=O)NC2CCN(C(=O)OCC(C)C)CC2)cc1OC. The molecule has 7 nitrogen and oxygen atoms in total. The number of amides is 2. The van der Waals surface area contributed by atoms with Gasteiger partial charge in [-0.3, -0.25) is 4.79 Å². The minimum absolute atomic E-state index is 0.0388. The van der Waals surface area contributed by atoms with Crippen LogP contribution in [-0.2, 0) is 16.0 Å². The summed E-state index contributed by atoms with van der Waals surface area (Å²) in [6.45, 7) is 5.64. The van der Waals surface area contributed by atoms with Gasteiger partial charge >= 0.3 is 6.09 Å². The van der Waals surface area contributed by atoms with E-state index in [0.29, 0.717) is 37.1 Å². The van der Waals surface area contributed by atoms with Gasteiger partial charge in [0.15, 0.2) is 11.5 Å². The topological polar surface area (TPSA) is 77.1 Å². The lowest BCUT2D eigenvalue weighted by Crippen LogP contribution is -2.47. The van der Waals surface area contributed by atoms with Crippen molar-refractivity contribution >= 4 is 12.0 Å². The van der Waals surface area contributed by atoms with Gasteiger partial charge in [0.2, 0.25) is 5.91 Å². The van der Waals surface area contributed by atoms with Gasteiger partial charge in [-0.1, -0.05) is 19.9 Å². The fourth-order valence-corrected chi connectivity index (χ4v) is 2.99. The van der Waals surface area contributed by atoms with E-state index < -0.39 is 0 Å². The highest BCUT2D eigenvalue weighted by atomic mass is 16.6. The first-order valence-electron chi connectivity index (χ1n) is 9.35. The molecule has 1 N–H and O–H groups in total. The van der Waals surface area contributed by atoms with E-state index in [4.69, 9.17) is 14.2 Å². The van der Waals surface area contributed by atoms with E-state index in [1.54, 1.807) is 25.2 Å². The molecule has 2 amide bonds. The largest absolute Gasteiger partial charge is 0.493 e. The number of methoxy groups -OCH3 is 2. The minimum Gasteiger partial charge on any atom is -0.493 e. The summed E-state index contributed by atoms with van der Waals surface area (Å²) in [5.41, 5.74) is 0.861. The minimum atomic E-state index is -0.265. The van der Waals surface area contributed by atoms with E-state index >= 15 is 0 Å². The number of hydrogen-bond acceptors (Lipinski definition) is 5. The van der Waals surface area contributed by atoms with Crippen LogP contribution < -0.4 is 14.8 Å². The maximum atomic E-state index is 12.3. The highest BCUT2D eigenvalue weighted by molar-refractivity contribution is 5.79. The van der Waals surface area contributed by atoms with Crippen LogP contribution >= 0.6 is 0 Å². The first kappa shape index (κ1) is 20.9. The Morgan fingerprint density at radius 2 is 1.81 bits per heavy atom. The van der Waals surface area contributed by atoms with Crippen LogP contribution in [0.3, 0.4) is 0 Å².